The van der Waals surface area contributed by atoms with Crippen LogP contribution in [0.3, 0.4) is 0 Å². The Balaban J connectivity index is 2.56. The Hall–Kier alpha value is -1.07. The monoisotopic (exact) mass is 244 g/mol. The van der Waals surface area contributed by atoms with Crippen LogP contribution >= 0.6 is 11.8 Å². The highest BCUT2D eigenvalue weighted by atomic mass is 32.2. The molecule has 0 unspecified atom stereocenters. The average Bonchev–Trinajstić information content (AvgIpc) is 2.24. The standard InChI is InChI=1S/C11H13FO3S/c1-15-4-5-16-7-8-2-3-9(11(13)14)10(12)6-8/h2-3,6H,4-5,7H2,1H3,(H,13,14). The van der Waals surface area contributed by atoms with Crippen LogP contribution in [0.5, 0.6) is 0 Å². The van der Waals surface area contributed by atoms with Gasteiger partial charge < -0.3 is 9.84 Å². The zero-order valence-electron chi connectivity index (χ0n) is 8.90. The quantitative estimate of drug-likeness (QED) is 0.780. The number of carboxylic acids is 1. The van der Waals surface area contributed by atoms with Crippen LogP contribution in [0.15, 0.2) is 18.2 Å². The smallest absolute Gasteiger partial charge is 0.338 e. The molecule has 88 valence electrons. The van der Waals surface area contributed by atoms with Gasteiger partial charge in [0.05, 0.1) is 12.2 Å². The van der Waals surface area contributed by atoms with Gasteiger partial charge in [0, 0.05) is 18.6 Å². The van der Waals surface area contributed by atoms with Crippen LogP contribution in [-0.4, -0.2) is 30.5 Å². The molecule has 5 heteroatoms. The van der Waals surface area contributed by atoms with Gasteiger partial charge in [0.25, 0.3) is 0 Å². The van der Waals surface area contributed by atoms with Gasteiger partial charge in [-0.3, -0.25) is 0 Å². The van der Waals surface area contributed by atoms with Crippen LogP contribution in [0.1, 0.15) is 15.9 Å². The van der Waals surface area contributed by atoms with E-state index in [0.29, 0.717) is 12.4 Å². The zero-order chi connectivity index (χ0) is 12.0. The van der Waals surface area contributed by atoms with Gasteiger partial charge in [-0.25, -0.2) is 9.18 Å². The molecule has 0 aliphatic heterocycles. The van der Waals surface area contributed by atoms with Crippen molar-refractivity contribution in [3.8, 4) is 0 Å². The Bertz CT molecular complexity index is 368. The van der Waals surface area contributed by atoms with Crippen molar-refractivity contribution >= 4 is 17.7 Å². The lowest BCUT2D eigenvalue weighted by Gasteiger charge is -2.03. The van der Waals surface area contributed by atoms with Crippen LogP contribution < -0.4 is 0 Å². The number of hydrogen-bond acceptors (Lipinski definition) is 3. The number of rotatable bonds is 6. The summed E-state index contributed by atoms with van der Waals surface area (Å²) in [6.07, 6.45) is 0. The first-order valence-electron chi connectivity index (χ1n) is 4.73. The topological polar surface area (TPSA) is 46.5 Å². The fraction of sp³-hybridized carbons (Fsp3) is 0.364. The number of halogens is 1. The largest absolute Gasteiger partial charge is 0.478 e. The second-order valence-corrected chi connectivity index (χ2v) is 4.27. The maximum atomic E-state index is 13.3. The maximum Gasteiger partial charge on any atom is 0.338 e. The number of methoxy groups -OCH3 is 1. The number of ether oxygens (including phenoxy) is 1. The first kappa shape index (κ1) is 13.0. The summed E-state index contributed by atoms with van der Waals surface area (Å²) in [6, 6.07) is 4.19. The summed E-state index contributed by atoms with van der Waals surface area (Å²) < 4.78 is 18.1. The Morgan fingerprint density at radius 3 is 2.88 bits per heavy atom. The van der Waals surface area contributed by atoms with Gasteiger partial charge in [0.15, 0.2) is 0 Å². The minimum atomic E-state index is -1.24. The highest BCUT2D eigenvalue weighted by molar-refractivity contribution is 7.98. The zero-order valence-corrected chi connectivity index (χ0v) is 9.72. The lowest BCUT2D eigenvalue weighted by molar-refractivity contribution is 0.0692. The molecule has 3 nitrogen and oxygen atoms in total. The summed E-state index contributed by atoms with van der Waals surface area (Å²) in [7, 11) is 1.63. The lowest BCUT2D eigenvalue weighted by atomic mass is 10.1. The predicted octanol–water partition coefficient (Wildman–Crippen LogP) is 2.40. The van der Waals surface area contributed by atoms with Crippen LogP contribution in [0.25, 0.3) is 0 Å². The van der Waals surface area contributed by atoms with Gasteiger partial charge in [0.2, 0.25) is 0 Å². The average molecular weight is 244 g/mol. The molecule has 0 aliphatic rings. The Kier molecular flexibility index (Phi) is 5.28. The van der Waals surface area contributed by atoms with Gasteiger partial charge in [0.1, 0.15) is 5.82 Å². The van der Waals surface area contributed by atoms with Crippen LogP contribution in [-0.2, 0) is 10.5 Å². The lowest BCUT2D eigenvalue weighted by Crippen LogP contribution is -2.01. The highest BCUT2D eigenvalue weighted by Gasteiger charge is 2.09. The van der Waals surface area contributed by atoms with E-state index in [2.05, 4.69) is 0 Å². The number of hydrogen-bond donors (Lipinski definition) is 1. The number of aromatic carboxylic acids is 1. The molecule has 16 heavy (non-hydrogen) atoms. The third-order valence-electron chi connectivity index (χ3n) is 1.96. The van der Waals surface area contributed by atoms with Crippen molar-refractivity contribution in [2.45, 2.75) is 5.75 Å². The maximum absolute atomic E-state index is 13.3. The van der Waals surface area contributed by atoms with Crippen molar-refractivity contribution in [1.82, 2.24) is 0 Å². The molecule has 0 bridgehead atoms. The molecule has 1 N–H and O–H groups in total. The molecule has 0 radical (unpaired) electrons. The van der Waals surface area contributed by atoms with Crippen molar-refractivity contribution < 1.29 is 19.0 Å². The molecular weight excluding hydrogens is 231 g/mol. The number of thioether (sulfide) groups is 1. The Morgan fingerprint density at radius 2 is 2.31 bits per heavy atom. The van der Waals surface area contributed by atoms with Gasteiger partial charge in [-0.1, -0.05) is 6.07 Å². The molecule has 0 amide bonds. The van der Waals surface area contributed by atoms with Crippen molar-refractivity contribution in [1.29, 1.82) is 0 Å². The number of benzene rings is 1. The van der Waals surface area contributed by atoms with Crippen LogP contribution in [0.4, 0.5) is 4.39 Å². The SMILES string of the molecule is COCCSCc1ccc(C(=O)O)c(F)c1. The van der Waals surface area contributed by atoms with Crippen molar-refractivity contribution in [3.05, 3.63) is 35.1 Å². The molecule has 1 rings (SSSR count). The van der Waals surface area contributed by atoms with E-state index in [9.17, 15) is 9.18 Å². The molecule has 1 aromatic rings. The second kappa shape index (κ2) is 6.50. The van der Waals surface area contributed by atoms with Crippen molar-refractivity contribution in [3.63, 3.8) is 0 Å². The highest BCUT2D eigenvalue weighted by Crippen LogP contribution is 2.16. The summed E-state index contributed by atoms with van der Waals surface area (Å²) in [6.45, 7) is 0.653. The van der Waals surface area contributed by atoms with E-state index in [1.165, 1.54) is 12.1 Å². The van der Waals surface area contributed by atoms with E-state index in [1.807, 2.05) is 0 Å². The second-order valence-electron chi connectivity index (χ2n) is 3.16. The summed E-state index contributed by atoms with van der Waals surface area (Å²) in [5.74, 6) is -0.438. The summed E-state index contributed by atoms with van der Waals surface area (Å²) in [5, 5.41) is 8.64. The molecule has 0 heterocycles. The predicted molar refractivity (Wildman–Crippen MR) is 61.4 cm³/mol. The summed E-state index contributed by atoms with van der Waals surface area (Å²) >= 11 is 1.61. The van der Waals surface area contributed by atoms with Crippen LogP contribution in [0, 0.1) is 5.82 Å². The Morgan fingerprint density at radius 1 is 1.56 bits per heavy atom. The molecule has 1 aromatic carbocycles. The van der Waals surface area contributed by atoms with Crippen molar-refractivity contribution in [2.75, 3.05) is 19.5 Å². The third-order valence-corrected chi connectivity index (χ3v) is 2.96. The molecule has 0 aliphatic carbocycles. The van der Waals surface area contributed by atoms with Gasteiger partial charge in [-0.05, 0) is 17.7 Å². The van der Waals surface area contributed by atoms with E-state index in [-0.39, 0.29) is 5.56 Å². The van der Waals surface area contributed by atoms with Crippen LogP contribution in [0.2, 0.25) is 0 Å². The number of carbonyl (C=O) groups is 1. The van der Waals surface area contributed by atoms with Crippen molar-refractivity contribution in [2.24, 2.45) is 0 Å². The van der Waals surface area contributed by atoms with E-state index in [0.717, 1.165) is 11.3 Å². The van der Waals surface area contributed by atoms with Gasteiger partial charge in [-0.15, -0.1) is 0 Å². The van der Waals surface area contributed by atoms with E-state index in [4.69, 9.17) is 9.84 Å². The minimum absolute atomic E-state index is 0.286. The molecule has 0 spiro atoms. The molecular formula is C11H13FO3S. The molecule has 0 aromatic heterocycles. The summed E-state index contributed by atoms with van der Waals surface area (Å²) in [5.41, 5.74) is 0.495. The normalized spacial score (nSPS) is 10.4. The fourth-order valence-corrected chi connectivity index (χ4v) is 2.00. The summed E-state index contributed by atoms with van der Waals surface area (Å²) in [4.78, 5) is 10.6. The Labute approximate surface area is 97.6 Å². The van der Waals surface area contributed by atoms with Gasteiger partial charge >= 0.3 is 5.97 Å². The first-order chi connectivity index (χ1) is 7.65. The van der Waals surface area contributed by atoms with Gasteiger partial charge in [-0.2, -0.15) is 11.8 Å². The third kappa shape index (κ3) is 3.83. The number of carboxylic acid groups (broad SMARTS) is 1. The van der Waals surface area contributed by atoms with E-state index in [1.54, 1.807) is 24.9 Å². The fourth-order valence-electron chi connectivity index (χ4n) is 1.15. The molecule has 0 saturated carbocycles. The molecule has 0 atom stereocenters. The molecule has 0 fully saturated rings. The molecule has 0 saturated heterocycles. The minimum Gasteiger partial charge on any atom is -0.478 e. The first-order valence-corrected chi connectivity index (χ1v) is 5.89. The van der Waals surface area contributed by atoms with E-state index >= 15 is 0 Å². The van der Waals surface area contributed by atoms with E-state index < -0.39 is 11.8 Å².